The van der Waals surface area contributed by atoms with Crippen LogP contribution in [-0.2, 0) is 14.4 Å². The molecular formula is C14H15ClN2O4. The van der Waals surface area contributed by atoms with Crippen LogP contribution in [-0.4, -0.2) is 41.8 Å². The number of carbonyl (C=O) groups excluding carboxylic acids is 3. The Morgan fingerprint density at radius 1 is 1.38 bits per heavy atom. The molecule has 0 radical (unpaired) electrons. The van der Waals surface area contributed by atoms with Gasteiger partial charge in [-0.2, -0.15) is 0 Å². The minimum absolute atomic E-state index is 0.132. The monoisotopic (exact) mass is 310 g/mol. The number of hydrogen-bond acceptors (Lipinski definition) is 4. The van der Waals surface area contributed by atoms with E-state index in [1.54, 1.807) is 31.2 Å². The van der Waals surface area contributed by atoms with Crippen molar-refractivity contribution in [1.82, 2.24) is 10.2 Å². The highest BCUT2D eigenvalue weighted by molar-refractivity contribution is 6.30. The van der Waals surface area contributed by atoms with E-state index in [0.29, 0.717) is 17.2 Å². The SMILES string of the molecule is CCC1C(=O)NC(=O)CN1C(=O)COc1ccc(Cl)cc1. The third-order valence-electron chi connectivity index (χ3n) is 3.14. The van der Waals surface area contributed by atoms with Gasteiger partial charge in [-0.25, -0.2) is 0 Å². The van der Waals surface area contributed by atoms with Crippen LogP contribution < -0.4 is 10.1 Å². The van der Waals surface area contributed by atoms with Crippen LogP contribution in [0.15, 0.2) is 24.3 Å². The Morgan fingerprint density at radius 2 is 2.05 bits per heavy atom. The molecule has 1 heterocycles. The predicted octanol–water partition coefficient (Wildman–Crippen LogP) is 0.982. The van der Waals surface area contributed by atoms with Crippen LogP contribution in [0.3, 0.4) is 0 Å². The molecule has 6 nitrogen and oxygen atoms in total. The van der Waals surface area contributed by atoms with Crippen LogP contribution in [0.4, 0.5) is 0 Å². The van der Waals surface area contributed by atoms with Gasteiger partial charge < -0.3 is 9.64 Å². The summed E-state index contributed by atoms with van der Waals surface area (Å²) in [4.78, 5) is 36.4. The van der Waals surface area contributed by atoms with E-state index >= 15 is 0 Å². The molecule has 1 aromatic rings. The Balaban J connectivity index is 1.99. The van der Waals surface area contributed by atoms with Crippen molar-refractivity contribution in [1.29, 1.82) is 0 Å². The lowest BCUT2D eigenvalue weighted by molar-refractivity contribution is -0.151. The Morgan fingerprint density at radius 3 is 2.67 bits per heavy atom. The van der Waals surface area contributed by atoms with Gasteiger partial charge in [-0.05, 0) is 30.7 Å². The largest absolute Gasteiger partial charge is 0.484 e. The Kier molecular flexibility index (Phi) is 4.80. The maximum atomic E-state index is 12.1. The van der Waals surface area contributed by atoms with Crippen molar-refractivity contribution in [3.05, 3.63) is 29.3 Å². The number of carbonyl (C=O) groups is 3. The third-order valence-corrected chi connectivity index (χ3v) is 3.39. The van der Waals surface area contributed by atoms with Gasteiger partial charge in [-0.1, -0.05) is 18.5 Å². The lowest BCUT2D eigenvalue weighted by Crippen LogP contribution is -2.60. The van der Waals surface area contributed by atoms with Crippen molar-refractivity contribution >= 4 is 29.3 Å². The fourth-order valence-electron chi connectivity index (χ4n) is 2.09. The highest BCUT2D eigenvalue weighted by Crippen LogP contribution is 2.16. The maximum absolute atomic E-state index is 12.1. The molecule has 1 saturated heterocycles. The van der Waals surface area contributed by atoms with Gasteiger partial charge in [0.2, 0.25) is 11.8 Å². The highest BCUT2D eigenvalue weighted by Gasteiger charge is 2.35. The number of halogens is 1. The average molecular weight is 311 g/mol. The second kappa shape index (κ2) is 6.58. The molecule has 112 valence electrons. The standard InChI is InChI=1S/C14H15ClN2O4/c1-2-11-14(20)16-12(18)7-17(11)13(19)8-21-10-5-3-9(15)4-6-10/h3-6,11H,2,7-8H2,1H3,(H,16,18,20). The normalized spacial score (nSPS) is 18.4. The molecule has 1 aliphatic heterocycles. The van der Waals surface area contributed by atoms with Gasteiger partial charge >= 0.3 is 0 Å². The van der Waals surface area contributed by atoms with Crippen LogP contribution in [0.1, 0.15) is 13.3 Å². The summed E-state index contributed by atoms with van der Waals surface area (Å²) in [5, 5.41) is 2.79. The third kappa shape index (κ3) is 3.72. The number of rotatable bonds is 4. The number of benzene rings is 1. The first-order chi connectivity index (χ1) is 10.0. The van der Waals surface area contributed by atoms with Crippen molar-refractivity contribution in [3.63, 3.8) is 0 Å². The molecule has 0 saturated carbocycles. The van der Waals surface area contributed by atoms with Gasteiger partial charge in [0.15, 0.2) is 6.61 Å². The van der Waals surface area contributed by atoms with E-state index in [1.165, 1.54) is 4.90 Å². The Bertz CT molecular complexity index is 559. The fraction of sp³-hybridized carbons (Fsp3) is 0.357. The summed E-state index contributed by atoms with van der Waals surface area (Å²) >= 11 is 5.75. The quantitative estimate of drug-likeness (QED) is 0.841. The Hall–Kier alpha value is -2.08. The molecule has 0 aromatic heterocycles. The molecule has 1 N–H and O–H groups in total. The number of nitrogens with one attached hydrogen (secondary N) is 1. The van der Waals surface area contributed by atoms with E-state index in [-0.39, 0.29) is 13.2 Å². The van der Waals surface area contributed by atoms with E-state index in [0.717, 1.165) is 0 Å². The van der Waals surface area contributed by atoms with Crippen LogP contribution in [0.25, 0.3) is 0 Å². The van der Waals surface area contributed by atoms with Crippen molar-refractivity contribution in [3.8, 4) is 5.75 Å². The van der Waals surface area contributed by atoms with E-state index in [2.05, 4.69) is 5.32 Å². The van der Waals surface area contributed by atoms with Crippen molar-refractivity contribution in [2.24, 2.45) is 0 Å². The first-order valence-corrected chi connectivity index (χ1v) is 6.90. The summed E-state index contributed by atoms with van der Waals surface area (Å²) in [6, 6.07) is 5.94. The average Bonchev–Trinajstić information content (AvgIpc) is 2.45. The van der Waals surface area contributed by atoms with Crippen LogP contribution in [0.2, 0.25) is 5.02 Å². The van der Waals surface area contributed by atoms with E-state index in [9.17, 15) is 14.4 Å². The topological polar surface area (TPSA) is 75.7 Å². The molecule has 0 aliphatic carbocycles. The van der Waals surface area contributed by atoms with Crippen LogP contribution in [0, 0.1) is 0 Å². The molecule has 0 spiro atoms. The fourth-order valence-corrected chi connectivity index (χ4v) is 2.22. The van der Waals surface area contributed by atoms with Gasteiger partial charge in [0, 0.05) is 5.02 Å². The highest BCUT2D eigenvalue weighted by atomic mass is 35.5. The summed E-state index contributed by atoms with van der Waals surface area (Å²) in [5.74, 6) is -0.841. The zero-order chi connectivity index (χ0) is 15.4. The zero-order valence-electron chi connectivity index (χ0n) is 11.5. The second-order valence-corrected chi connectivity index (χ2v) is 5.04. The summed E-state index contributed by atoms with van der Waals surface area (Å²) < 4.78 is 5.35. The summed E-state index contributed by atoms with van der Waals surface area (Å²) in [7, 11) is 0. The number of amides is 3. The molecule has 1 aromatic carbocycles. The van der Waals surface area contributed by atoms with Gasteiger partial charge in [0.05, 0.1) is 0 Å². The maximum Gasteiger partial charge on any atom is 0.261 e. The number of hydrogen-bond donors (Lipinski definition) is 1. The molecular weight excluding hydrogens is 296 g/mol. The number of ether oxygens (including phenoxy) is 1. The van der Waals surface area contributed by atoms with Gasteiger partial charge in [0.25, 0.3) is 5.91 Å². The van der Waals surface area contributed by atoms with Crippen molar-refractivity contribution < 1.29 is 19.1 Å². The van der Waals surface area contributed by atoms with E-state index in [4.69, 9.17) is 16.3 Å². The van der Waals surface area contributed by atoms with Crippen LogP contribution >= 0.6 is 11.6 Å². The molecule has 1 aliphatic rings. The Labute approximate surface area is 127 Å². The second-order valence-electron chi connectivity index (χ2n) is 4.60. The minimum Gasteiger partial charge on any atom is -0.484 e. The molecule has 0 bridgehead atoms. The van der Waals surface area contributed by atoms with E-state index < -0.39 is 23.8 Å². The first kappa shape index (κ1) is 15.3. The summed E-state index contributed by atoms with van der Waals surface area (Å²) in [6.07, 6.45) is 0.436. The summed E-state index contributed by atoms with van der Waals surface area (Å²) in [5.41, 5.74) is 0. The summed E-state index contributed by atoms with van der Waals surface area (Å²) in [6.45, 7) is 1.41. The van der Waals surface area contributed by atoms with Gasteiger partial charge in [0.1, 0.15) is 18.3 Å². The lowest BCUT2D eigenvalue weighted by Gasteiger charge is -2.33. The van der Waals surface area contributed by atoms with Crippen molar-refractivity contribution in [2.45, 2.75) is 19.4 Å². The molecule has 1 unspecified atom stereocenters. The lowest BCUT2D eigenvalue weighted by atomic mass is 10.1. The number of piperazine rings is 1. The molecule has 3 amide bonds. The minimum atomic E-state index is -0.635. The van der Waals surface area contributed by atoms with Gasteiger partial charge in [-0.3, -0.25) is 19.7 Å². The van der Waals surface area contributed by atoms with Gasteiger partial charge in [-0.15, -0.1) is 0 Å². The van der Waals surface area contributed by atoms with Crippen LogP contribution in [0.5, 0.6) is 5.75 Å². The molecule has 21 heavy (non-hydrogen) atoms. The smallest absolute Gasteiger partial charge is 0.261 e. The number of imide groups is 1. The van der Waals surface area contributed by atoms with E-state index in [1.807, 2.05) is 0 Å². The first-order valence-electron chi connectivity index (χ1n) is 6.52. The molecule has 2 rings (SSSR count). The number of nitrogens with zero attached hydrogens (tertiary/aromatic N) is 1. The predicted molar refractivity (Wildman–Crippen MR) is 75.9 cm³/mol. The molecule has 7 heteroatoms. The molecule has 1 atom stereocenters. The zero-order valence-corrected chi connectivity index (χ0v) is 12.2. The van der Waals surface area contributed by atoms with Crippen molar-refractivity contribution in [2.75, 3.05) is 13.2 Å². The molecule has 1 fully saturated rings.